The first-order valence-electron chi connectivity index (χ1n) is 5.97. The summed E-state index contributed by atoms with van der Waals surface area (Å²) in [5, 5.41) is 12.4. The Kier molecular flexibility index (Phi) is 3.25. The molecule has 1 aliphatic rings. The Hall–Kier alpha value is -2.18. The molecule has 1 amide bonds. The van der Waals surface area contributed by atoms with Crippen LogP contribution in [0.15, 0.2) is 30.6 Å². The number of nitrogens with zero attached hydrogens (tertiary/aromatic N) is 3. The van der Waals surface area contributed by atoms with Crippen molar-refractivity contribution in [1.29, 1.82) is 0 Å². The van der Waals surface area contributed by atoms with Gasteiger partial charge in [0.2, 0.25) is 5.91 Å². The molecule has 1 aromatic carbocycles. The highest BCUT2D eigenvalue weighted by Crippen LogP contribution is 2.36. The van der Waals surface area contributed by atoms with Crippen LogP contribution < -0.4 is 10.2 Å². The van der Waals surface area contributed by atoms with Gasteiger partial charge >= 0.3 is 0 Å². The first-order chi connectivity index (χ1) is 9.70. The first-order valence-corrected chi connectivity index (χ1v) is 6.35. The SMILES string of the molecule is O=C1CN(c2ncnc(Cl)c2CO)c2ccccc2N1. The van der Waals surface area contributed by atoms with E-state index in [1.165, 1.54) is 6.33 Å². The molecule has 0 spiro atoms. The molecule has 20 heavy (non-hydrogen) atoms. The lowest BCUT2D eigenvalue weighted by atomic mass is 10.1. The van der Waals surface area contributed by atoms with E-state index in [1.54, 1.807) is 11.0 Å². The van der Waals surface area contributed by atoms with Gasteiger partial charge in [0.15, 0.2) is 0 Å². The fourth-order valence-electron chi connectivity index (χ4n) is 2.17. The van der Waals surface area contributed by atoms with Gasteiger partial charge in [0.05, 0.1) is 23.5 Å². The summed E-state index contributed by atoms with van der Waals surface area (Å²) < 4.78 is 0. The molecule has 0 unspecified atom stereocenters. The van der Waals surface area contributed by atoms with Crippen LogP contribution >= 0.6 is 11.6 Å². The zero-order chi connectivity index (χ0) is 14.1. The van der Waals surface area contributed by atoms with Gasteiger partial charge in [0.1, 0.15) is 23.8 Å². The number of carbonyl (C=O) groups excluding carboxylic acids is 1. The third kappa shape index (κ3) is 2.09. The highest BCUT2D eigenvalue weighted by molar-refractivity contribution is 6.30. The number of para-hydroxylation sites is 2. The average Bonchev–Trinajstić information content (AvgIpc) is 2.46. The van der Waals surface area contributed by atoms with E-state index in [-0.39, 0.29) is 24.2 Å². The predicted molar refractivity (Wildman–Crippen MR) is 75.0 cm³/mol. The third-order valence-corrected chi connectivity index (χ3v) is 3.38. The molecule has 0 saturated heterocycles. The number of hydrogen-bond acceptors (Lipinski definition) is 5. The number of carbonyl (C=O) groups is 1. The van der Waals surface area contributed by atoms with Crippen LogP contribution in [0.25, 0.3) is 0 Å². The Balaban J connectivity index is 2.16. The standard InChI is InChI=1S/C13H11ClN4O2/c14-12-8(6-19)13(16-7-15-12)18-5-11(20)17-9-3-1-2-4-10(9)18/h1-4,7,19H,5-6H2,(H,17,20). The summed E-state index contributed by atoms with van der Waals surface area (Å²) in [4.78, 5) is 21.5. The van der Waals surface area contributed by atoms with Crippen LogP contribution in [0, 0.1) is 0 Å². The number of halogens is 1. The lowest BCUT2D eigenvalue weighted by Gasteiger charge is -2.31. The summed E-state index contributed by atoms with van der Waals surface area (Å²) >= 11 is 5.97. The van der Waals surface area contributed by atoms with Crippen molar-refractivity contribution < 1.29 is 9.90 Å². The Labute approximate surface area is 120 Å². The lowest BCUT2D eigenvalue weighted by Crippen LogP contribution is -2.36. The van der Waals surface area contributed by atoms with Crippen LogP contribution in [-0.4, -0.2) is 27.5 Å². The molecular formula is C13H11ClN4O2. The van der Waals surface area contributed by atoms with E-state index in [4.69, 9.17) is 11.6 Å². The zero-order valence-electron chi connectivity index (χ0n) is 10.4. The molecule has 2 N–H and O–H groups in total. The number of benzene rings is 1. The summed E-state index contributed by atoms with van der Waals surface area (Å²) in [6.45, 7) is -0.188. The van der Waals surface area contributed by atoms with E-state index in [2.05, 4.69) is 15.3 Å². The summed E-state index contributed by atoms with van der Waals surface area (Å²) in [5.74, 6) is 0.289. The number of amides is 1. The molecule has 0 atom stereocenters. The van der Waals surface area contributed by atoms with Crippen LogP contribution in [0.3, 0.4) is 0 Å². The Morgan fingerprint density at radius 3 is 2.95 bits per heavy atom. The Morgan fingerprint density at radius 1 is 1.35 bits per heavy atom. The molecule has 0 fully saturated rings. The van der Waals surface area contributed by atoms with Gasteiger partial charge in [-0.1, -0.05) is 23.7 Å². The molecule has 1 aromatic heterocycles. The van der Waals surface area contributed by atoms with E-state index in [0.717, 1.165) is 5.69 Å². The number of hydrogen-bond donors (Lipinski definition) is 2. The van der Waals surface area contributed by atoms with Crippen LogP contribution in [0.1, 0.15) is 5.56 Å². The van der Waals surface area contributed by atoms with Crippen LogP contribution in [-0.2, 0) is 11.4 Å². The van der Waals surface area contributed by atoms with Crippen molar-refractivity contribution >= 4 is 34.7 Å². The molecule has 0 bridgehead atoms. The highest BCUT2D eigenvalue weighted by Gasteiger charge is 2.26. The number of fused-ring (bicyclic) bond motifs is 1. The zero-order valence-corrected chi connectivity index (χ0v) is 11.1. The minimum Gasteiger partial charge on any atom is -0.391 e. The maximum atomic E-state index is 11.8. The van der Waals surface area contributed by atoms with E-state index in [1.807, 2.05) is 18.2 Å². The molecule has 7 heteroatoms. The van der Waals surface area contributed by atoms with Crippen molar-refractivity contribution in [3.63, 3.8) is 0 Å². The molecule has 2 heterocycles. The molecule has 6 nitrogen and oxygen atoms in total. The number of nitrogens with one attached hydrogen (secondary N) is 1. The third-order valence-electron chi connectivity index (χ3n) is 3.05. The van der Waals surface area contributed by atoms with Gasteiger partial charge in [-0.15, -0.1) is 0 Å². The molecule has 0 saturated carbocycles. The molecule has 102 valence electrons. The summed E-state index contributed by atoms with van der Waals surface area (Å²) in [5.41, 5.74) is 1.90. The normalized spacial score (nSPS) is 13.9. The molecule has 3 rings (SSSR count). The van der Waals surface area contributed by atoms with Gasteiger partial charge in [-0.2, -0.15) is 0 Å². The van der Waals surface area contributed by atoms with Gasteiger partial charge < -0.3 is 15.3 Å². The van der Waals surface area contributed by atoms with Crippen LogP contribution in [0.5, 0.6) is 0 Å². The van der Waals surface area contributed by atoms with Crippen molar-refractivity contribution in [2.75, 3.05) is 16.8 Å². The topological polar surface area (TPSA) is 78.4 Å². The first kappa shape index (κ1) is 12.8. The van der Waals surface area contributed by atoms with Gasteiger partial charge in [-0.25, -0.2) is 9.97 Å². The smallest absolute Gasteiger partial charge is 0.244 e. The van der Waals surface area contributed by atoms with E-state index >= 15 is 0 Å². The maximum Gasteiger partial charge on any atom is 0.244 e. The van der Waals surface area contributed by atoms with Crippen molar-refractivity contribution in [3.05, 3.63) is 41.3 Å². The van der Waals surface area contributed by atoms with Crippen molar-refractivity contribution in [3.8, 4) is 0 Å². The second-order valence-corrected chi connectivity index (χ2v) is 4.63. The summed E-state index contributed by atoms with van der Waals surface area (Å²) in [7, 11) is 0. The minimum atomic E-state index is -0.296. The van der Waals surface area contributed by atoms with Crippen LogP contribution in [0.2, 0.25) is 5.15 Å². The van der Waals surface area contributed by atoms with E-state index < -0.39 is 0 Å². The number of anilines is 3. The van der Waals surface area contributed by atoms with Crippen molar-refractivity contribution in [2.24, 2.45) is 0 Å². The second kappa shape index (κ2) is 5.07. The summed E-state index contributed by atoms with van der Waals surface area (Å²) in [6, 6.07) is 7.37. The van der Waals surface area contributed by atoms with E-state index in [0.29, 0.717) is 17.1 Å². The number of rotatable bonds is 2. The molecule has 2 aromatic rings. The van der Waals surface area contributed by atoms with Gasteiger partial charge in [0.25, 0.3) is 0 Å². The van der Waals surface area contributed by atoms with Gasteiger partial charge in [-0.3, -0.25) is 4.79 Å². The summed E-state index contributed by atoms with van der Waals surface area (Å²) in [6.07, 6.45) is 1.31. The monoisotopic (exact) mass is 290 g/mol. The molecule has 1 aliphatic heterocycles. The molecule has 0 radical (unpaired) electrons. The van der Waals surface area contributed by atoms with Gasteiger partial charge in [0, 0.05) is 0 Å². The maximum absolute atomic E-state index is 11.8. The fraction of sp³-hybridized carbons (Fsp3) is 0.154. The van der Waals surface area contributed by atoms with Crippen LogP contribution in [0.4, 0.5) is 17.2 Å². The largest absolute Gasteiger partial charge is 0.391 e. The van der Waals surface area contributed by atoms with Gasteiger partial charge in [-0.05, 0) is 12.1 Å². The number of aliphatic hydroxyl groups is 1. The fourth-order valence-corrected chi connectivity index (χ4v) is 2.36. The van der Waals surface area contributed by atoms with Crippen molar-refractivity contribution in [2.45, 2.75) is 6.61 Å². The minimum absolute atomic E-state index is 0.108. The number of aliphatic hydroxyl groups excluding tert-OH is 1. The lowest BCUT2D eigenvalue weighted by molar-refractivity contribution is -0.115. The predicted octanol–water partition coefficient (Wildman–Crippen LogP) is 1.71. The second-order valence-electron chi connectivity index (χ2n) is 4.28. The van der Waals surface area contributed by atoms with Crippen molar-refractivity contribution in [1.82, 2.24) is 9.97 Å². The molecular weight excluding hydrogens is 280 g/mol. The van der Waals surface area contributed by atoms with E-state index in [9.17, 15) is 9.90 Å². The number of aromatic nitrogens is 2. The Morgan fingerprint density at radius 2 is 2.15 bits per heavy atom. The quantitative estimate of drug-likeness (QED) is 0.823. The highest BCUT2D eigenvalue weighted by atomic mass is 35.5. The molecule has 0 aliphatic carbocycles. The Bertz CT molecular complexity index is 677. The average molecular weight is 291 g/mol.